The summed E-state index contributed by atoms with van der Waals surface area (Å²) in [5.74, 6) is 2.90. The summed E-state index contributed by atoms with van der Waals surface area (Å²) in [7, 11) is 4.74. The smallest absolute Gasteiger partial charge is 0.260 e. The van der Waals surface area contributed by atoms with E-state index in [0.29, 0.717) is 40.0 Å². The van der Waals surface area contributed by atoms with Crippen LogP contribution in [0.2, 0.25) is 0 Å². The van der Waals surface area contributed by atoms with Gasteiger partial charge in [0, 0.05) is 34.1 Å². The van der Waals surface area contributed by atoms with Gasteiger partial charge in [0.05, 0.1) is 32.4 Å². The van der Waals surface area contributed by atoms with Crippen LogP contribution in [0, 0.1) is 0 Å². The van der Waals surface area contributed by atoms with Crippen molar-refractivity contribution in [1.82, 2.24) is 4.98 Å². The Labute approximate surface area is 205 Å². The summed E-state index contributed by atoms with van der Waals surface area (Å²) in [5, 5.41) is 9.27. The summed E-state index contributed by atoms with van der Waals surface area (Å²) in [6.07, 6.45) is 1.70. The molecule has 0 radical (unpaired) electrons. The minimum atomic E-state index is -0.209. The van der Waals surface area contributed by atoms with Gasteiger partial charge in [0.15, 0.2) is 11.5 Å². The van der Waals surface area contributed by atoms with E-state index < -0.39 is 0 Å². The van der Waals surface area contributed by atoms with Gasteiger partial charge in [-0.05, 0) is 47.2 Å². The Morgan fingerprint density at radius 3 is 2.34 bits per heavy atom. The number of ether oxygens (including phenoxy) is 4. The predicted octanol–water partition coefficient (Wildman–Crippen LogP) is 6.52. The first-order chi connectivity index (χ1) is 17.1. The lowest BCUT2D eigenvalue weighted by Crippen LogP contribution is -2.11. The normalized spacial score (nSPS) is 10.8. The number of hydrogen-bond donors (Lipinski definition) is 1. The molecular weight excluding hydrogens is 464 g/mol. The number of hydrogen-bond acceptors (Lipinski definition) is 7. The number of nitrogens with zero attached hydrogens (tertiary/aromatic N) is 1. The van der Waals surface area contributed by atoms with Crippen LogP contribution in [-0.2, 0) is 0 Å². The topological polar surface area (TPSA) is 78.9 Å². The fraction of sp³-hybridized carbons (Fsp3) is 0.111. The Balaban J connectivity index is 1.41. The summed E-state index contributed by atoms with van der Waals surface area (Å²) in [6, 6.07) is 17.0. The average molecular weight is 487 g/mol. The van der Waals surface area contributed by atoms with Crippen LogP contribution >= 0.6 is 11.3 Å². The molecule has 0 atom stereocenters. The molecule has 2 heterocycles. The van der Waals surface area contributed by atoms with Gasteiger partial charge in [-0.3, -0.25) is 9.78 Å². The molecule has 0 saturated heterocycles. The van der Waals surface area contributed by atoms with E-state index in [1.807, 2.05) is 54.6 Å². The lowest BCUT2D eigenvalue weighted by atomic mass is 10.1. The summed E-state index contributed by atoms with van der Waals surface area (Å²) < 4.78 is 22.3. The highest BCUT2D eigenvalue weighted by atomic mass is 32.1. The van der Waals surface area contributed by atoms with Crippen molar-refractivity contribution in [3.05, 3.63) is 77.1 Å². The first kappa shape index (κ1) is 22.5. The first-order valence-electron chi connectivity index (χ1n) is 10.7. The molecule has 0 spiro atoms. The monoisotopic (exact) mass is 486 g/mol. The van der Waals surface area contributed by atoms with Crippen LogP contribution in [0.15, 0.2) is 71.6 Å². The highest BCUT2D eigenvalue weighted by Crippen LogP contribution is 2.37. The van der Waals surface area contributed by atoms with E-state index in [9.17, 15) is 4.79 Å². The van der Waals surface area contributed by atoms with Crippen molar-refractivity contribution in [1.29, 1.82) is 0 Å². The Kier molecular flexibility index (Phi) is 6.12. The Morgan fingerprint density at radius 1 is 0.800 bits per heavy atom. The standard InChI is InChI=1S/C27H22N2O5S/c1-31-24-12-20-22(13-25(24)32-2)28-9-8-23(20)34-19-7-5-16-10-18(6-4-17(16)11-19)29-27(30)21-14-35-15-26(21)33-3/h4-15H,1-3H3,(H,29,30). The zero-order valence-electron chi connectivity index (χ0n) is 19.3. The molecule has 0 saturated carbocycles. The largest absolute Gasteiger partial charge is 0.495 e. The van der Waals surface area contributed by atoms with Gasteiger partial charge in [-0.2, -0.15) is 0 Å². The van der Waals surface area contributed by atoms with Crippen LogP contribution in [0.25, 0.3) is 21.7 Å². The zero-order valence-corrected chi connectivity index (χ0v) is 20.1. The molecule has 176 valence electrons. The minimum Gasteiger partial charge on any atom is -0.495 e. The van der Waals surface area contributed by atoms with Crippen LogP contribution in [-0.4, -0.2) is 32.2 Å². The van der Waals surface area contributed by atoms with E-state index in [-0.39, 0.29) is 5.91 Å². The van der Waals surface area contributed by atoms with Gasteiger partial charge >= 0.3 is 0 Å². The van der Waals surface area contributed by atoms with Crippen molar-refractivity contribution >= 4 is 44.6 Å². The van der Waals surface area contributed by atoms with Crippen molar-refractivity contribution in [3.63, 3.8) is 0 Å². The Bertz CT molecular complexity index is 1550. The van der Waals surface area contributed by atoms with Gasteiger partial charge in [0.25, 0.3) is 5.91 Å². The SMILES string of the molecule is COc1cc2nccc(Oc3ccc4cc(NC(=O)c5cscc5OC)ccc4c3)c2cc1OC. The maximum Gasteiger partial charge on any atom is 0.260 e. The summed E-state index contributed by atoms with van der Waals surface area (Å²) >= 11 is 1.42. The Hall–Kier alpha value is -4.30. The molecule has 0 unspecified atom stereocenters. The predicted molar refractivity (Wildman–Crippen MR) is 138 cm³/mol. The van der Waals surface area contributed by atoms with Crippen molar-refractivity contribution in [3.8, 4) is 28.7 Å². The lowest BCUT2D eigenvalue weighted by molar-refractivity contribution is 0.102. The quantitative estimate of drug-likeness (QED) is 0.282. The number of pyridine rings is 1. The van der Waals surface area contributed by atoms with E-state index in [0.717, 1.165) is 21.7 Å². The molecule has 8 heteroatoms. The molecule has 5 aromatic rings. The number of amides is 1. The van der Waals surface area contributed by atoms with Gasteiger partial charge in [0.2, 0.25) is 0 Å². The third-order valence-corrected chi connectivity index (χ3v) is 6.32. The van der Waals surface area contributed by atoms with Gasteiger partial charge < -0.3 is 24.3 Å². The molecule has 3 aromatic carbocycles. The number of fused-ring (bicyclic) bond motifs is 2. The summed E-state index contributed by atoms with van der Waals surface area (Å²) in [6.45, 7) is 0. The van der Waals surface area contributed by atoms with Gasteiger partial charge in [-0.1, -0.05) is 12.1 Å². The second kappa shape index (κ2) is 9.52. The van der Waals surface area contributed by atoms with Crippen LogP contribution < -0.4 is 24.3 Å². The fourth-order valence-corrected chi connectivity index (χ4v) is 4.61. The molecular formula is C27H22N2O5S. The number of anilines is 1. The van der Waals surface area contributed by atoms with Gasteiger partial charge in [0.1, 0.15) is 17.2 Å². The van der Waals surface area contributed by atoms with E-state index in [4.69, 9.17) is 18.9 Å². The lowest BCUT2D eigenvalue weighted by Gasteiger charge is -2.13. The maximum absolute atomic E-state index is 12.6. The number of aromatic nitrogens is 1. The Morgan fingerprint density at radius 2 is 1.54 bits per heavy atom. The molecule has 5 rings (SSSR count). The molecule has 7 nitrogen and oxygen atoms in total. The van der Waals surface area contributed by atoms with E-state index in [1.165, 1.54) is 11.3 Å². The molecule has 0 bridgehead atoms. The highest BCUT2D eigenvalue weighted by molar-refractivity contribution is 7.08. The highest BCUT2D eigenvalue weighted by Gasteiger charge is 2.14. The number of benzene rings is 3. The van der Waals surface area contributed by atoms with Crippen molar-refractivity contribution in [2.45, 2.75) is 0 Å². The van der Waals surface area contributed by atoms with Crippen LogP contribution in [0.5, 0.6) is 28.7 Å². The number of rotatable bonds is 7. The number of nitrogens with one attached hydrogen (secondary N) is 1. The van der Waals surface area contributed by atoms with Crippen LogP contribution in [0.1, 0.15) is 10.4 Å². The third-order valence-electron chi connectivity index (χ3n) is 5.60. The molecule has 1 N–H and O–H groups in total. The first-order valence-corrected chi connectivity index (χ1v) is 11.7. The van der Waals surface area contributed by atoms with Crippen LogP contribution in [0.4, 0.5) is 5.69 Å². The van der Waals surface area contributed by atoms with E-state index >= 15 is 0 Å². The molecule has 0 aliphatic heterocycles. The van der Waals surface area contributed by atoms with Crippen molar-refractivity contribution in [2.24, 2.45) is 0 Å². The second-order valence-electron chi connectivity index (χ2n) is 7.67. The molecule has 0 aliphatic rings. The zero-order chi connectivity index (χ0) is 24.4. The summed E-state index contributed by atoms with van der Waals surface area (Å²) in [4.78, 5) is 17.0. The third kappa shape index (κ3) is 4.43. The van der Waals surface area contributed by atoms with E-state index in [1.54, 1.807) is 38.3 Å². The molecule has 35 heavy (non-hydrogen) atoms. The molecule has 1 amide bonds. The van der Waals surface area contributed by atoms with Crippen molar-refractivity contribution < 1.29 is 23.7 Å². The number of methoxy groups -OCH3 is 3. The number of carbonyl (C=O) groups is 1. The second-order valence-corrected chi connectivity index (χ2v) is 8.41. The van der Waals surface area contributed by atoms with Gasteiger partial charge in [-0.15, -0.1) is 11.3 Å². The van der Waals surface area contributed by atoms with Crippen LogP contribution in [0.3, 0.4) is 0 Å². The number of carbonyl (C=O) groups excluding carboxylic acids is 1. The molecule has 0 aliphatic carbocycles. The maximum atomic E-state index is 12.6. The van der Waals surface area contributed by atoms with Crippen molar-refractivity contribution in [2.75, 3.05) is 26.6 Å². The average Bonchev–Trinajstić information content (AvgIpc) is 3.37. The molecule has 0 fully saturated rings. The fourth-order valence-electron chi connectivity index (χ4n) is 3.84. The number of thiophene rings is 1. The minimum absolute atomic E-state index is 0.209. The van der Waals surface area contributed by atoms with Gasteiger partial charge in [-0.25, -0.2) is 0 Å². The molecule has 2 aromatic heterocycles. The summed E-state index contributed by atoms with van der Waals surface area (Å²) in [5.41, 5.74) is 1.95. The van der Waals surface area contributed by atoms with E-state index in [2.05, 4.69) is 10.3 Å².